The van der Waals surface area contributed by atoms with Gasteiger partial charge < -0.3 is 44.8 Å². The molecule has 6 N–H and O–H groups in total. The van der Waals surface area contributed by atoms with Gasteiger partial charge in [-0.1, -0.05) is 0 Å². The molecule has 10 nitrogen and oxygen atoms in total. The molecule has 0 unspecified atom stereocenters. The van der Waals surface area contributed by atoms with Crippen molar-refractivity contribution < 1.29 is 44.8 Å². The third-order valence-electron chi connectivity index (χ3n) is 4.51. The van der Waals surface area contributed by atoms with Crippen molar-refractivity contribution in [3.05, 3.63) is 11.6 Å². The minimum atomic E-state index is -1.63. The van der Waals surface area contributed by atoms with Gasteiger partial charge in [0.1, 0.15) is 36.6 Å². The molecule has 0 amide bonds. The van der Waals surface area contributed by atoms with Crippen molar-refractivity contribution in [3.8, 4) is 6.07 Å². The quantitative estimate of drug-likeness (QED) is 0.279. The van der Waals surface area contributed by atoms with E-state index in [1.807, 2.05) is 0 Å². The van der Waals surface area contributed by atoms with E-state index in [1.165, 1.54) is 7.11 Å². The predicted octanol–water partition coefficient (Wildman–Crippen LogP) is -3.24. The van der Waals surface area contributed by atoms with Crippen molar-refractivity contribution in [2.75, 3.05) is 13.7 Å². The van der Waals surface area contributed by atoms with Gasteiger partial charge >= 0.3 is 0 Å². The van der Waals surface area contributed by atoms with Crippen LogP contribution in [0.25, 0.3) is 0 Å². The number of nitriles is 1. The molecule has 0 aromatic carbocycles. The summed E-state index contributed by atoms with van der Waals surface area (Å²) in [5.41, 5.74) is 0.122. The molecule has 1 aliphatic carbocycles. The van der Waals surface area contributed by atoms with Crippen LogP contribution >= 0.6 is 0 Å². The van der Waals surface area contributed by atoms with Gasteiger partial charge in [-0.05, 0) is 0 Å². The molecular weight excluding hydrogens is 338 g/mol. The SMILES string of the molecule is CO[C@H]1[C@@H](O)C[C@@H](O[C@@H]2O[C@H](CO)[C@@H](O)[C@H](O)[C@H]2O)/C(=C\C#N)[C@@H]1O. The molecule has 0 spiro atoms. The van der Waals surface area contributed by atoms with Crippen LogP contribution in [0.4, 0.5) is 0 Å². The van der Waals surface area contributed by atoms with Crippen LogP contribution in [-0.2, 0) is 14.2 Å². The fourth-order valence-electron chi connectivity index (χ4n) is 3.09. The Morgan fingerprint density at radius 2 is 1.88 bits per heavy atom. The van der Waals surface area contributed by atoms with Crippen LogP contribution in [-0.4, -0.2) is 99.5 Å². The van der Waals surface area contributed by atoms with Gasteiger partial charge in [-0.2, -0.15) is 5.26 Å². The zero-order valence-corrected chi connectivity index (χ0v) is 13.5. The predicted molar refractivity (Wildman–Crippen MR) is 79.8 cm³/mol. The van der Waals surface area contributed by atoms with Crippen LogP contribution in [0.5, 0.6) is 0 Å². The molecule has 1 saturated carbocycles. The Hall–Kier alpha value is -1.13. The molecule has 2 fully saturated rings. The van der Waals surface area contributed by atoms with Crippen molar-refractivity contribution in [2.24, 2.45) is 0 Å². The summed E-state index contributed by atoms with van der Waals surface area (Å²) in [6.45, 7) is -0.618. The second kappa shape index (κ2) is 8.50. The summed E-state index contributed by atoms with van der Waals surface area (Å²) in [4.78, 5) is 0. The molecule has 0 radical (unpaired) electrons. The Morgan fingerprint density at radius 3 is 2.44 bits per heavy atom. The summed E-state index contributed by atoms with van der Waals surface area (Å²) in [6.07, 6.45) is -10.8. The Morgan fingerprint density at radius 1 is 1.20 bits per heavy atom. The lowest BCUT2D eigenvalue weighted by Gasteiger charge is -2.43. The van der Waals surface area contributed by atoms with Gasteiger partial charge in [-0.15, -0.1) is 0 Å². The zero-order valence-electron chi connectivity index (χ0n) is 13.5. The number of aliphatic hydroxyl groups excluding tert-OH is 6. The average Bonchev–Trinajstić information content (AvgIpc) is 2.59. The van der Waals surface area contributed by atoms with E-state index < -0.39 is 61.7 Å². The highest BCUT2D eigenvalue weighted by Crippen LogP contribution is 2.32. The molecule has 142 valence electrons. The van der Waals surface area contributed by atoms with Gasteiger partial charge in [0.2, 0.25) is 0 Å². The smallest absolute Gasteiger partial charge is 0.187 e. The minimum Gasteiger partial charge on any atom is -0.394 e. The number of hydrogen-bond donors (Lipinski definition) is 6. The number of hydrogen-bond acceptors (Lipinski definition) is 10. The minimum absolute atomic E-state index is 0.0574. The number of aliphatic hydroxyl groups is 6. The van der Waals surface area contributed by atoms with E-state index in [4.69, 9.17) is 19.5 Å². The first kappa shape index (κ1) is 20.2. The van der Waals surface area contributed by atoms with Gasteiger partial charge in [0.25, 0.3) is 0 Å². The molecule has 0 aromatic rings. The molecule has 0 bridgehead atoms. The monoisotopic (exact) mass is 361 g/mol. The topological polar surface area (TPSA) is 173 Å². The van der Waals surface area contributed by atoms with E-state index in [2.05, 4.69) is 0 Å². The number of methoxy groups -OCH3 is 1. The number of nitrogens with zero attached hydrogens (tertiary/aromatic N) is 1. The number of rotatable bonds is 4. The maximum absolute atomic E-state index is 10.3. The molecule has 1 heterocycles. The molecule has 1 aliphatic heterocycles. The highest BCUT2D eigenvalue weighted by Gasteiger charge is 2.47. The lowest BCUT2D eigenvalue weighted by atomic mass is 9.84. The Kier molecular flexibility index (Phi) is 6.86. The number of allylic oxidation sites excluding steroid dienone is 1. The van der Waals surface area contributed by atoms with Crippen LogP contribution < -0.4 is 0 Å². The second-order valence-corrected chi connectivity index (χ2v) is 6.04. The summed E-state index contributed by atoms with van der Waals surface area (Å²) in [5, 5.41) is 68.0. The first-order valence-electron chi connectivity index (χ1n) is 7.80. The van der Waals surface area contributed by atoms with E-state index in [-0.39, 0.29) is 12.0 Å². The molecular formula is C15H23NO9. The van der Waals surface area contributed by atoms with Crippen molar-refractivity contribution in [2.45, 2.75) is 61.5 Å². The summed E-state index contributed by atoms with van der Waals surface area (Å²) in [7, 11) is 1.31. The Labute approximate surface area is 144 Å². The summed E-state index contributed by atoms with van der Waals surface area (Å²) in [5.74, 6) is 0. The fraction of sp³-hybridized carbons (Fsp3) is 0.800. The third-order valence-corrected chi connectivity index (χ3v) is 4.51. The first-order valence-corrected chi connectivity index (χ1v) is 7.80. The highest BCUT2D eigenvalue weighted by molar-refractivity contribution is 5.26. The molecule has 2 aliphatic rings. The summed E-state index contributed by atoms with van der Waals surface area (Å²) < 4.78 is 15.8. The van der Waals surface area contributed by atoms with Gasteiger partial charge in [0, 0.05) is 25.2 Å². The molecule has 10 heteroatoms. The van der Waals surface area contributed by atoms with Crippen LogP contribution in [0.1, 0.15) is 6.42 Å². The third kappa shape index (κ3) is 4.01. The van der Waals surface area contributed by atoms with E-state index in [0.717, 1.165) is 6.08 Å². The molecule has 0 aromatic heterocycles. The number of ether oxygens (including phenoxy) is 3. The maximum Gasteiger partial charge on any atom is 0.187 e. The lowest BCUT2D eigenvalue weighted by Crippen LogP contribution is -2.60. The van der Waals surface area contributed by atoms with Crippen molar-refractivity contribution in [1.29, 1.82) is 5.26 Å². The standard InChI is InChI=1S/C15H23NO9/c1-23-14-7(18)4-8(6(2-3-16)10(14)19)24-15-13(22)12(21)11(20)9(5-17)25-15/h2,7-15,17-22H,4-5H2,1H3/b6-2+/t7-,8+,9+,10-,11+,12-,13+,14-,15+/m0/s1. The summed E-state index contributed by atoms with van der Waals surface area (Å²) in [6, 6.07) is 1.77. The highest BCUT2D eigenvalue weighted by atomic mass is 16.7. The lowest BCUT2D eigenvalue weighted by molar-refractivity contribution is -0.312. The van der Waals surface area contributed by atoms with Gasteiger partial charge in [-0.25, -0.2) is 0 Å². The fourth-order valence-corrected chi connectivity index (χ4v) is 3.09. The second-order valence-electron chi connectivity index (χ2n) is 6.04. The van der Waals surface area contributed by atoms with Crippen LogP contribution in [0, 0.1) is 11.3 Å². The molecule has 1 saturated heterocycles. The maximum atomic E-state index is 10.3. The van der Waals surface area contributed by atoms with Crippen LogP contribution in [0.15, 0.2) is 11.6 Å². The molecule has 25 heavy (non-hydrogen) atoms. The van der Waals surface area contributed by atoms with Crippen molar-refractivity contribution in [3.63, 3.8) is 0 Å². The van der Waals surface area contributed by atoms with E-state index >= 15 is 0 Å². The largest absolute Gasteiger partial charge is 0.394 e. The first-order chi connectivity index (χ1) is 11.8. The average molecular weight is 361 g/mol. The molecule has 9 atom stereocenters. The molecule has 2 rings (SSSR count). The van der Waals surface area contributed by atoms with Crippen molar-refractivity contribution >= 4 is 0 Å². The van der Waals surface area contributed by atoms with Crippen LogP contribution in [0.2, 0.25) is 0 Å². The van der Waals surface area contributed by atoms with Gasteiger partial charge in [0.05, 0.1) is 24.9 Å². The van der Waals surface area contributed by atoms with Gasteiger partial charge in [-0.3, -0.25) is 0 Å². The normalized spacial score (nSPS) is 46.8. The summed E-state index contributed by atoms with van der Waals surface area (Å²) >= 11 is 0. The van der Waals surface area contributed by atoms with Crippen molar-refractivity contribution in [1.82, 2.24) is 0 Å². The van der Waals surface area contributed by atoms with Gasteiger partial charge in [0.15, 0.2) is 6.29 Å². The van der Waals surface area contributed by atoms with E-state index in [1.54, 1.807) is 6.07 Å². The van der Waals surface area contributed by atoms with E-state index in [9.17, 15) is 30.6 Å². The Bertz CT molecular complexity index is 520. The van der Waals surface area contributed by atoms with E-state index in [0.29, 0.717) is 0 Å². The Balaban J connectivity index is 2.19. The zero-order chi connectivity index (χ0) is 18.7. The van der Waals surface area contributed by atoms with Crippen LogP contribution in [0.3, 0.4) is 0 Å².